The largest absolute Gasteiger partial charge is 0.490 e. The van der Waals surface area contributed by atoms with Gasteiger partial charge in [0.15, 0.2) is 11.5 Å². The minimum absolute atomic E-state index is 0.203. The highest BCUT2D eigenvalue weighted by Crippen LogP contribution is 2.30. The highest BCUT2D eigenvalue weighted by molar-refractivity contribution is 9.11. The number of hydrogen-bond acceptors (Lipinski definition) is 5. The predicted octanol–water partition coefficient (Wildman–Crippen LogP) is 7.50. The van der Waals surface area contributed by atoms with E-state index < -0.39 is 0 Å². The molecule has 3 aromatic carbocycles. The third-order valence-electron chi connectivity index (χ3n) is 5.34. The predicted molar refractivity (Wildman–Crippen MR) is 154 cm³/mol. The Morgan fingerprint density at radius 3 is 2.47 bits per heavy atom. The normalized spacial score (nSPS) is 11.4. The summed E-state index contributed by atoms with van der Waals surface area (Å²) in [7, 11) is 0. The lowest BCUT2D eigenvalue weighted by Crippen LogP contribution is -2.22. The van der Waals surface area contributed by atoms with E-state index in [4.69, 9.17) is 9.47 Å². The molecule has 0 aliphatic rings. The van der Waals surface area contributed by atoms with Crippen molar-refractivity contribution in [3.63, 3.8) is 0 Å². The molecule has 0 fully saturated rings. The minimum atomic E-state index is -0.203. The van der Waals surface area contributed by atoms with Crippen molar-refractivity contribution >= 4 is 64.9 Å². The number of benzene rings is 3. The fourth-order valence-corrected chi connectivity index (χ4v) is 5.13. The zero-order chi connectivity index (χ0) is 25.7. The van der Waals surface area contributed by atoms with Crippen LogP contribution in [-0.4, -0.2) is 22.5 Å². The molecule has 0 unspecified atom stereocenters. The van der Waals surface area contributed by atoms with Gasteiger partial charge in [0, 0.05) is 25.4 Å². The lowest BCUT2D eigenvalue weighted by molar-refractivity contribution is 0.269. The lowest BCUT2D eigenvalue weighted by atomic mass is 10.2. The Bertz CT molecular complexity index is 1480. The van der Waals surface area contributed by atoms with Crippen LogP contribution in [0.3, 0.4) is 0 Å². The zero-order valence-electron chi connectivity index (χ0n) is 19.8. The summed E-state index contributed by atoms with van der Waals surface area (Å²) in [5, 5.41) is 5.03. The van der Waals surface area contributed by atoms with Crippen molar-refractivity contribution < 1.29 is 9.47 Å². The van der Waals surface area contributed by atoms with Gasteiger partial charge in [-0.1, -0.05) is 60.8 Å². The number of nitrogens with zero attached hydrogens (tertiary/aromatic N) is 3. The standard InChI is InChI=1S/C27H24Br3N3O3/c1-3-5-26-32-23-10-9-19(28)13-21(23)27(34)33(26)31-15-17-6-11-24(25(12-17)35-4-2)36-16-18-7-8-20(29)14-22(18)30/h6-15H,3-5,16H2,1-2H3. The molecule has 0 spiro atoms. The van der Waals surface area contributed by atoms with Gasteiger partial charge in [-0.15, -0.1) is 0 Å². The molecule has 0 radical (unpaired) electrons. The second kappa shape index (κ2) is 12.2. The molecule has 6 nitrogen and oxygen atoms in total. The molecule has 0 bridgehead atoms. The molecular formula is C27H24Br3N3O3. The van der Waals surface area contributed by atoms with Crippen LogP contribution in [0.2, 0.25) is 0 Å². The molecule has 0 atom stereocenters. The first-order valence-corrected chi connectivity index (χ1v) is 13.9. The van der Waals surface area contributed by atoms with Gasteiger partial charge < -0.3 is 9.47 Å². The van der Waals surface area contributed by atoms with E-state index >= 15 is 0 Å². The topological polar surface area (TPSA) is 65.7 Å². The molecule has 0 N–H and O–H groups in total. The molecule has 36 heavy (non-hydrogen) atoms. The molecule has 4 rings (SSSR count). The number of halogens is 3. The fourth-order valence-electron chi connectivity index (χ4n) is 3.61. The van der Waals surface area contributed by atoms with Crippen molar-refractivity contribution in [2.24, 2.45) is 5.10 Å². The summed E-state index contributed by atoms with van der Waals surface area (Å²) in [5.74, 6) is 1.86. The van der Waals surface area contributed by atoms with Crippen LogP contribution in [0.4, 0.5) is 0 Å². The Balaban J connectivity index is 1.64. The van der Waals surface area contributed by atoms with Crippen LogP contribution in [0.1, 0.15) is 37.2 Å². The van der Waals surface area contributed by atoms with Gasteiger partial charge in [0.25, 0.3) is 5.56 Å². The smallest absolute Gasteiger partial charge is 0.282 e. The highest BCUT2D eigenvalue weighted by Gasteiger charge is 2.12. The summed E-state index contributed by atoms with van der Waals surface area (Å²) in [6.45, 7) is 4.84. The monoisotopic (exact) mass is 675 g/mol. The van der Waals surface area contributed by atoms with Crippen LogP contribution < -0.4 is 15.0 Å². The van der Waals surface area contributed by atoms with Crippen LogP contribution in [0.15, 0.2) is 77.9 Å². The van der Waals surface area contributed by atoms with Crippen LogP contribution in [0.5, 0.6) is 11.5 Å². The maximum atomic E-state index is 13.2. The average molecular weight is 678 g/mol. The van der Waals surface area contributed by atoms with E-state index in [-0.39, 0.29) is 5.56 Å². The van der Waals surface area contributed by atoms with Crippen LogP contribution in [0.25, 0.3) is 10.9 Å². The molecule has 9 heteroatoms. The van der Waals surface area contributed by atoms with E-state index in [1.807, 2.05) is 62.4 Å². The Morgan fingerprint density at radius 1 is 0.944 bits per heavy atom. The van der Waals surface area contributed by atoms with Gasteiger partial charge in [0.05, 0.1) is 23.7 Å². The van der Waals surface area contributed by atoms with Crippen LogP contribution >= 0.6 is 47.8 Å². The molecule has 1 aromatic heterocycles. The molecule has 186 valence electrons. The molecule has 1 heterocycles. The molecule has 0 saturated carbocycles. The minimum Gasteiger partial charge on any atom is -0.490 e. The van der Waals surface area contributed by atoms with Gasteiger partial charge in [-0.3, -0.25) is 4.79 Å². The number of fused-ring (bicyclic) bond motifs is 1. The molecule has 4 aromatic rings. The summed E-state index contributed by atoms with van der Waals surface area (Å²) >= 11 is 10.5. The first kappa shape index (κ1) is 26.6. The number of aryl methyl sites for hydroxylation is 1. The van der Waals surface area contributed by atoms with Crippen LogP contribution in [-0.2, 0) is 13.0 Å². The first-order valence-electron chi connectivity index (χ1n) is 11.5. The highest BCUT2D eigenvalue weighted by atomic mass is 79.9. The molecule has 0 aliphatic carbocycles. The average Bonchev–Trinajstić information content (AvgIpc) is 2.85. The lowest BCUT2D eigenvalue weighted by Gasteiger charge is -2.13. The third-order valence-corrected chi connectivity index (χ3v) is 7.06. The fraction of sp³-hybridized carbons (Fsp3) is 0.222. The van der Waals surface area contributed by atoms with Gasteiger partial charge in [0.1, 0.15) is 12.4 Å². The number of rotatable bonds is 9. The van der Waals surface area contributed by atoms with E-state index in [1.165, 1.54) is 4.68 Å². The van der Waals surface area contributed by atoms with Gasteiger partial charge in [-0.25, -0.2) is 4.98 Å². The van der Waals surface area contributed by atoms with Crippen molar-refractivity contribution in [1.29, 1.82) is 0 Å². The molecular weight excluding hydrogens is 654 g/mol. The van der Waals surface area contributed by atoms with Crippen LogP contribution in [0, 0.1) is 0 Å². The summed E-state index contributed by atoms with van der Waals surface area (Å²) < 4.78 is 16.0. The Hall–Kier alpha value is -2.49. The SMILES string of the molecule is CCCc1nc2ccc(Br)cc2c(=O)n1N=Cc1ccc(OCc2ccc(Br)cc2Br)c(OCC)c1. The van der Waals surface area contributed by atoms with E-state index in [0.717, 1.165) is 31.0 Å². The second-order valence-electron chi connectivity index (χ2n) is 7.96. The van der Waals surface area contributed by atoms with Crippen molar-refractivity contribution in [3.05, 3.63) is 95.3 Å². The van der Waals surface area contributed by atoms with Gasteiger partial charge in [-0.05, 0) is 67.4 Å². The van der Waals surface area contributed by atoms with Crippen molar-refractivity contribution in [3.8, 4) is 11.5 Å². The van der Waals surface area contributed by atoms with Gasteiger partial charge in [0.2, 0.25) is 0 Å². The molecule has 0 aliphatic heterocycles. The first-order chi connectivity index (χ1) is 17.4. The number of ether oxygens (including phenoxy) is 2. The maximum Gasteiger partial charge on any atom is 0.282 e. The summed E-state index contributed by atoms with van der Waals surface area (Å²) in [6, 6.07) is 17.0. The van der Waals surface area contributed by atoms with E-state index in [9.17, 15) is 4.79 Å². The van der Waals surface area contributed by atoms with E-state index in [0.29, 0.717) is 47.9 Å². The quantitative estimate of drug-likeness (QED) is 0.172. The van der Waals surface area contributed by atoms with Crippen molar-refractivity contribution in [2.45, 2.75) is 33.3 Å². The molecule has 0 saturated heterocycles. The number of aromatic nitrogens is 2. The zero-order valence-corrected chi connectivity index (χ0v) is 24.6. The van der Waals surface area contributed by atoms with E-state index in [1.54, 1.807) is 12.3 Å². The third kappa shape index (κ3) is 6.25. The Morgan fingerprint density at radius 2 is 1.72 bits per heavy atom. The Labute approximate surface area is 234 Å². The Kier molecular flexibility index (Phi) is 8.98. The number of hydrogen-bond donors (Lipinski definition) is 0. The summed E-state index contributed by atoms with van der Waals surface area (Å²) in [5.41, 5.74) is 2.26. The van der Waals surface area contributed by atoms with Gasteiger partial charge in [-0.2, -0.15) is 9.78 Å². The summed E-state index contributed by atoms with van der Waals surface area (Å²) in [6.07, 6.45) is 3.13. The van der Waals surface area contributed by atoms with Gasteiger partial charge >= 0.3 is 0 Å². The molecule has 0 amide bonds. The van der Waals surface area contributed by atoms with Crippen molar-refractivity contribution in [2.75, 3.05) is 6.61 Å². The van der Waals surface area contributed by atoms with E-state index in [2.05, 4.69) is 57.9 Å². The maximum absolute atomic E-state index is 13.2. The summed E-state index contributed by atoms with van der Waals surface area (Å²) in [4.78, 5) is 17.9. The van der Waals surface area contributed by atoms with Crippen molar-refractivity contribution in [1.82, 2.24) is 9.66 Å². The second-order valence-corrected chi connectivity index (χ2v) is 10.7.